The van der Waals surface area contributed by atoms with Crippen molar-refractivity contribution in [2.24, 2.45) is 11.8 Å². The summed E-state index contributed by atoms with van der Waals surface area (Å²) in [6, 6.07) is 2.59. The van der Waals surface area contributed by atoms with Crippen molar-refractivity contribution in [1.29, 1.82) is 0 Å². The number of carboxylic acid groups (broad SMARTS) is 1. The molecule has 0 aromatic carbocycles. The molecule has 0 aliphatic rings. The third-order valence-electron chi connectivity index (χ3n) is 3.17. The molecule has 1 aromatic heterocycles. The number of carbonyl (C=O) groups excluding carboxylic acids is 2. The summed E-state index contributed by atoms with van der Waals surface area (Å²) < 4.78 is 0. The van der Waals surface area contributed by atoms with E-state index in [1.807, 2.05) is 27.7 Å². The van der Waals surface area contributed by atoms with Gasteiger partial charge in [0.15, 0.2) is 0 Å². The lowest BCUT2D eigenvalue weighted by Gasteiger charge is -2.22. The summed E-state index contributed by atoms with van der Waals surface area (Å²) in [5, 5.41) is 14.4. The van der Waals surface area contributed by atoms with Crippen molar-refractivity contribution in [2.75, 3.05) is 0 Å². The maximum Gasteiger partial charge on any atom is 0.345 e. The third-order valence-corrected chi connectivity index (χ3v) is 4.24. The molecule has 3 N–H and O–H groups in total. The summed E-state index contributed by atoms with van der Waals surface area (Å²) in [5.74, 6) is -1.19. The Morgan fingerprint density at radius 1 is 1.17 bits per heavy atom. The van der Waals surface area contributed by atoms with E-state index in [4.69, 9.17) is 5.11 Å². The molecule has 0 bridgehead atoms. The normalized spacial score (nSPS) is 12.3. The average Bonchev–Trinajstić information content (AvgIpc) is 2.90. The molecule has 1 heterocycles. The SMILES string of the molecule is CC(C)CC(=O)NC(C(=O)NCc1ccc(C(=O)O)s1)C(C)C. The second-order valence-corrected chi connectivity index (χ2v) is 7.34. The summed E-state index contributed by atoms with van der Waals surface area (Å²) in [5.41, 5.74) is 0. The molecule has 7 heteroatoms. The first-order valence-electron chi connectivity index (χ1n) is 7.59. The van der Waals surface area contributed by atoms with Gasteiger partial charge in [0.1, 0.15) is 10.9 Å². The first-order valence-corrected chi connectivity index (χ1v) is 8.41. The zero-order chi connectivity index (χ0) is 17.6. The molecule has 6 nitrogen and oxygen atoms in total. The summed E-state index contributed by atoms with van der Waals surface area (Å²) in [6.45, 7) is 7.88. The first kappa shape index (κ1) is 19.2. The van der Waals surface area contributed by atoms with Crippen molar-refractivity contribution in [2.45, 2.75) is 46.7 Å². The van der Waals surface area contributed by atoms with Crippen LogP contribution in [0.2, 0.25) is 0 Å². The molecular weight excluding hydrogens is 316 g/mol. The average molecular weight is 340 g/mol. The number of thiophene rings is 1. The van der Waals surface area contributed by atoms with Crippen molar-refractivity contribution >= 4 is 29.1 Å². The van der Waals surface area contributed by atoms with Gasteiger partial charge in [0.2, 0.25) is 11.8 Å². The van der Waals surface area contributed by atoms with Gasteiger partial charge in [-0.15, -0.1) is 11.3 Å². The number of amides is 2. The minimum atomic E-state index is -0.978. The van der Waals surface area contributed by atoms with E-state index in [9.17, 15) is 14.4 Å². The van der Waals surface area contributed by atoms with E-state index in [-0.39, 0.29) is 35.1 Å². The largest absolute Gasteiger partial charge is 0.477 e. The second kappa shape index (κ2) is 8.67. The summed E-state index contributed by atoms with van der Waals surface area (Å²) in [4.78, 5) is 36.0. The van der Waals surface area contributed by atoms with Crippen LogP contribution in [-0.4, -0.2) is 28.9 Å². The Hall–Kier alpha value is -1.89. The van der Waals surface area contributed by atoms with Gasteiger partial charge in [-0.3, -0.25) is 9.59 Å². The third kappa shape index (κ3) is 6.40. The number of hydrogen-bond donors (Lipinski definition) is 3. The fourth-order valence-corrected chi connectivity index (χ4v) is 2.80. The minimum absolute atomic E-state index is 0.0379. The van der Waals surface area contributed by atoms with E-state index in [2.05, 4.69) is 10.6 Å². The number of aromatic carboxylic acids is 1. The molecule has 1 aromatic rings. The summed E-state index contributed by atoms with van der Waals surface area (Å²) in [6.07, 6.45) is 0.378. The predicted octanol–water partition coefficient (Wildman–Crippen LogP) is 2.25. The quantitative estimate of drug-likeness (QED) is 0.676. The van der Waals surface area contributed by atoms with E-state index in [1.165, 1.54) is 6.07 Å². The monoisotopic (exact) mass is 340 g/mol. The molecular formula is C16H24N2O4S. The van der Waals surface area contributed by atoms with Crippen LogP contribution in [0.1, 0.15) is 48.7 Å². The van der Waals surface area contributed by atoms with Gasteiger partial charge >= 0.3 is 5.97 Å². The Balaban J connectivity index is 2.60. The van der Waals surface area contributed by atoms with Crippen molar-refractivity contribution in [3.8, 4) is 0 Å². The molecule has 128 valence electrons. The maximum atomic E-state index is 12.3. The number of hydrogen-bond acceptors (Lipinski definition) is 4. The van der Waals surface area contributed by atoms with E-state index < -0.39 is 12.0 Å². The van der Waals surface area contributed by atoms with E-state index in [0.29, 0.717) is 6.42 Å². The molecule has 1 rings (SSSR count). The van der Waals surface area contributed by atoms with E-state index in [1.54, 1.807) is 6.07 Å². The van der Waals surface area contributed by atoms with Crippen LogP contribution in [0.4, 0.5) is 0 Å². The topological polar surface area (TPSA) is 95.5 Å². The summed E-state index contributed by atoms with van der Waals surface area (Å²) >= 11 is 1.12. The van der Waals surface area contributed by atoms with E-state index in [0.717, 1.165) is 16.2 Å². The molecule has 0 radical (unpaired) electrons. The lowest BCUT2D eigenvalue weighted by atomic mass is 10.0. The highest BCUT2D eigenvalue weighted by Gasteiger charge is 2.24. The highest BCUT2D eigenvalue weighted by Crippen LogP contribution is 2.16. The molecule has 0 spiro atoms. The van der Waals surface area contributed by atoms with Crippen LogP contribution < -0.4 is 10.6 Å². The summed E-state index contributed by atoms with van der Waals surface area (Å²) in [7, 11) is 0. The Bertz CT molecular complexity index is 566. The molecule has 1 atom stereocenters. The Morgan fingerprint density at radius 3 is 2.30 bits per heavy atom. The van der Waals surface area contributed by atoms with Crippen LogP contribution in [0.25, 0.3) is 0 Å². The molecule has 0 saturated carbocycles. The van der Waals surface area contributed by atoms with Gasteiger partial charge in [0, 0.05) is 11.3 Å². The zero-order valence-corrected chi connectivity index (χ0v) is 14.7. The Kier molecular flexibility index (Phi) is 7.22. The highest BCUT2D eigenvalue weighted by molar-refractivity contribution is 7.13. The van der Waals surface area contributed by atoms with Crippen LogP contribution in [0, 0.1) is 11.8 Å². The predicted molar refractivity (Wildman–Crippen MR) is 89.3 cm³/mol. The van der Waals surface area contributed by atoms with Gasteiger partial charge in [-0.25, -0.2) is 4.79 Å². The van der Waals surface area contributed by atoms with Gasteiger partial charge in [-0.05, 0) is 24.0 Å². The van der Waals surface area contributed by atoms with Gasteiger partial charge in [0.05, 0.1) is 6.54 Å². The van der Waals surface area contributed by atoms with Crippen molar-refractivity contribution in [3.05, 3.63) is 21.9 Å². The number of rotatable bonds is 8. The van der Waals surface area contributed by atoms with Crippen LogP contribution >= 0.6 is 11.3 Å². The minimum Gasteiger partial charge on any atom is -0.477 e. The van der Waals surface area contributed by atoms with Crippen LogP contribution in [0.15, 0.2) is 12.1 Å². The van der Waals surface area contributed by atoms with Crippen molar-refractivity contribution < 1.29 is 19.5 Å². The van der Waals surface area contributed by atoms with Crippen molar-refractivity contribution in [3.63, 3.8) is 0 Å². The van der Waals surface area contributed by atoms with Gasteiger partial charge in [-0.2, -0.15) is 0 Å². The zero-order valence-electron chi connectivity index (χ0n) is 13.9. The lowest BCUT2D eigenvalue weighted by molar-refractivity contribution is -0.130. The fraction of sp³-hybridized carbons (Fsp3) is 0.562. The molecule has 0 fully saturated rings. The lowest BCUT2D eigenvalue weighted by Crippen LogP contribution is -2.49. The highest BCUT2D eigenvalue weighted by atomic mass is 32.1. The van der Waals surface area contributed by atoms with E-state index >= 15 is 0 Å². The van der Waals surface area contributed by atoms with Crippen LogP contribution in [-0.2, 0) is 16.1 Å². The Labute approximate surface area is 140 Å². The fourth-order valence-electron chi connectivity index (χ4n) is 2.01. The van der Waals surface area contributed by atoms with Gasteiger partial charge < -0.3 is 15.7 Å². The smallest absolute Gasteiger partial charge is 0.345 e. The standard InChI is InChI=1S/C16H24N2O4S/c1-9(2)7-13(19)18-14(10(3)4)15(20)17-8-11-5-6-12(23-11)16(21)22/h5-6,9-10,14H,7-8H2,1-4H3,(H,17,20)(H,18,19)(H,21,22). The second-order valence-electron chi connectivity index (χ2n) is 6.18. The number of carbonyl (C=O) groups is 3. The first-order chi connectivity index (χ1) is 10.7. The van der Waals surface area contributed by atoms with Crippen LogP contribution in [0.3, 0.4) is 0 Å². The number of nitrogens with one attached hydrogen (secondary N) is 2. The van der Waals surface area contributed by atoms with Crippen LogP contribution in [0.5, 0.6) is 0 Å². The molecule has 1 unspecified atom stereocenters. The van der Waals surface area contributed by atoms with Gasteiger partial charge in [0.25, 0.3) is 0 Å². The molecule has 0 aliphatic carbocycles. The molecule has 0 aliphatic heterocycles. The van der Waals surface area contributed by atoms with Gasteiger partial charge in [-0.1, -0.05) is 27.7 Å². The maximum absolute atomic E-state index is 12.3. The molecule has 23 heavy (non-hydrogen) atoms. The van der Waals surface area contributed by atoms with Crippen molar-refractivity contribution in [1.82, 2.24) is 10.6 Å². The molecule has 2 amide bonds. The Morgan fingerprint density at radius 2 is 1.83 bits per heavy atom. The number of carboxylic acids is 1. The molecule has 0 saturated heterocycles.